The number of carbonyl (C=O) groups excluding carboxylic acids is 2. The van der Waals surface area contributed by atoms with Crippen LogP contribution < -0.4 is 14.4 Å². The number of rotatable bonds is 12. The number of anilines is 1. The fourth-order valence-corrected chi connectivity index (χ4v) is 4.17. The molecule has 0 aliphatic heterocycles. The van der Waals surface area contributed by atoms with Gasteiger partial charge >= 0.3 is 0 Å². The second-order valence-corrected chi connectivity index (χ2v) is 10.2. The molecule has 0 radical (unpaired) electrons. The zero-order chi connectivity index (χ0) is 26.2. The number of sulfonamides is 1. The number of benzene rings is 2. The molecule has 0 aliphatic carbocycles. The molecular formula is C25H34FN3O5S. The van der Waals surface area contributed by atoms with Gasteiger partial charge in [-0.2, -0.15) is 0 Å². The van der Waals surface area contributed by atoms with Crippen LogP contribution in [0.5, 0.6) is 5.75 Å². The second kappa shape index (κ2) is 12.5. The van der Waals surface area contributed by atoms with E-state index in [1.807, 2.05) is 20.8 Å². The predicted molar refractivity (Wildman–Crippen MR) is 134 cm³/mol. The fourth-order valence-electron chi connectivity index (χ4n) is 3.32. The van der Waals surface area contributed by atoms with Gasteiger partial charge in [0.15, 0.2) is 0 Å². The summed E-state index contributed by atoms with van der Waals surface area (Å²) in [7, 11) is -3.82. The van der Waals surface area contributed by atoms with Crippen molar-refractivity contribution >= 4 is 27.5 Å². The van der Waals surface area contributed by atoms with E-state index in [0.717, 1.165) is 10.6 Å². The molecule has 0 bridgehead atoms. The van der Waals surface area contributed by atoms with Crippen molar-refractivity contribution in [2.45, 2.75) is 52.7 Å². The summed E-state index contributed by atoms with van der Waals surface area (Å²) < 4.78 is 45.0. The molecule has 0 unspecified atom stereocenters. The van der Waals surface area contributed by atoms with Gasteiger partial charge in [0.25, 0.3) is 0 Å². The predicted octanol–water partition coefficient (Wildman–Crippen LogP) is 3.32. The van der Waals surface area contributed by atoms with Crippen LogP contribution in [0.2, 0.25) is 0 Å². The lowest BCUT2D eigenvalue weighted by molar-refractivity contribution is -0.139. The van der Waals surface area contributed by atoms with Crippen molar-refractivity contribution in [2.75, 3.05) is 23.7 Å². The summed E-state index contributed by atoms with van der Waals surface area (Å²) in [6.07, 6.45) is 1.73. The molecular weight excluding hydrogens is 473 g/mol. The van der Waals surface area contributed by atoms with Crippen LogP contribution in [0.1, 0.15) is 39.7 Å². The molecule has 0 saturated carbocycles. The number of carbonyl (C=O) groups is 2. The Balaban J connectivity index is 2.35. The van der Waals surface area contributed by atoms with Crippen LogP contribution in [-0.2, 0) is 26.2 Å². The summed E-state index contributed by atoms with van der Waals surface area (Å²) in [6, 6.07) is 11.0. The number of ether oxygens (including phenoxy) is 1. The minimum Gasteiger partial charge on any atom is -0.494 e. The van der Waals surface area contributed by atoms with Crippen LogP contribution in [-0.4, -0.2) is 56.6 Å². The molecule has 192 valence electrons. The van der Waals surface area contributed by atoms with Crippen LogP contribution in [0.4, 0.5) is 10.1 Å². The van der Waals surface area contributed by atoms with E-state index in [4.69, 9.17) is 4.74 Å². The Morgan fingerprint density at radius 1 is 1.03 bits per heavy atom. The summed E-state index contributed by atoms with van der Waals surface area (Å²) in [6.45, 7) is 7.17. The van der Waals surface area contributed by atoms with Crippen molar-refractivity contribution in [3.8, 4) is 5.75 Å². The third kappa shape index (κ3) is 8.24. The Labute approximate surface area is 207 Å². The highest BCUT2D eigenvalue weighted by Gasteiger charge is 2.30. The number of nitrogens with zero attached hydrogens (tertiary/aromatic N) is 2. The van der Waals surface area contributed by atoms with Crippen molar-refractivity contribution in [1.82, 2.24) is 10.2 Å². The molecule has 0 fully saturated rings. The molecule has 2 rings (SSSR count). The first kappa shape index (κ1) is 28.1. The van der Waals surface area contributed by atoms with Crippen LogP contribution in [0.15, 0.2) is 48.5 Å². The topological polar surface area (TPSA) is 96.0 Å². The SMILES string of the molecule is CCOc1ccc(N(CC(=O)N(Cc2ccc(F)cc2)[C@H](C)C(=O)N[C@@H](C)CC)S(C)(=O)=O)cc1. The Morgan fingerprint density at radius 2 is 1.63 bits per heavy atom. The number of halogens is 1. The van der Waals surface area contributed by atoms with E-state index in [1.54, 1.807) is 31.2 Å². The van der Waals surface area contributed by atoms with Crippen LogP contribution >= 0.6 is 0 Å². The van der Waals surface area contributed by atoms with Crippen LogP contribution in [0.3, 0.4) is 0 Å². The lowest BCUT2D eigenvalue weighted by Crippen LogP contribution is -2.52. The molecule has 2 aromatic rings. The molecule has 35 heavy (non-hydrogen) atoms. The summed E-state index contributed by atoms with van der Waals surface area (Å²) in [5, 5.41) is 2.85. The summed E-state index contributed by atoms with van der Waals surface area (Å²) in [4.78, 5) is 27.6. The average Bonchev–Trinajstić information content (AvgIpc) is 2.81. The van der Waals surface area contributed by atoms with Gasteiger partial charge in [-0.3, -0.25) is 13.9 Å². The maximum absolute atomic E-state index is 13.5. The third-order valence-electron chi connectivity index (χ3n) is 5.55. The average molecular weight is 508 g/mol. The maximum atomic E-state index is 13.5. The van der Waals surface area contributed by atoms with Gasteiger partial charge in [0.1, 0.15) is 24.2 Å². The van der Waals surface area contributed by atoms with Crippen molar-refractivity contribution in [1.29, 1.82) is 0 Å². The van der Waals surface area contributed by atoms with Crippen LogP contribution in [0, 0.1) is 5.82 Å². The Morgan fingerprint density at radius 3 is 2.14 bits per heavy atom. The Bertz CT molecular complexity index is 1090. The molecule has 8 nitrogen and oxygen atoms in total. The number of hydrogen-bond acceptors (Lipinski definition) is 5. The van der Waals surface area contributed by atoms with E-state index in [0.29, 0.717) is 30.0 Å². The van der Waals surface area contributed by atoms with E-state index >= 15 is 0 Å². The highest BCUT2D eigenvalue weighted by Crippen LogP contribution is 2.22. The van der Waals surface area contributed by atoms with Crippen molar-refractivity contribution in [3.63, 3.8) is 0 Å². The first-order valence-corrected chi connectivity index (χ1v) is 13.4. The van der Waals surface area contributed by atoms with E-state index in [9.17, 15) is 22.4 Å². The van der Waals surface area contributed by atoms with E-state index < -0.39 is 34.3 Å². The molecule has 2 amide bonds. The van der Waals surface area contributed by atoms with Gasteiger partial charge in [-0.25, -0.2) is 12.8 Å². The van der Waals surface area contributed by atoms with Crippen LogP contribution in [0.25, 0.3) is 0 Å². The third-order valence-corrected chi connectivity index (χ3v) is 6.69. The summed E-state index contributed by atoms with van der Waals surface area (Å²) >= 11 is 0. The monoisotopic (exact) mass is 507 g/mol. The standard InChI is InChI=1S/C25H34FN3O5S/c1-6-18(3)27-25(31)19(4)28(16-20-8-10-21(26)11-9-20)24(30)17-29(35(5,32)33)22-12-14-23(15-13-22)34-7-2/h8-15,18-19H,6-7,16-17H2,1-5H3,(H,27,31)/t18-,19+/m0/s1. The molecule has 0 heterocycles. The fraction of sp³-hybridized carbons (Fsp3) is 0.440. The normalized spacial score (nSPS) is 13.0. The first-order chi connectivity index (χ1) is 16.5. The van der Waals surface area contributed by atoms with E-state index in [2.05, 4.69) is 5.32 Å². The zero-order valence-corrected chi connectivity index (χ0v) is 21.6. The maximum Gasteiger partial charge on any atom is 0.244 e. The second-order valence-electron chi connectivity index (χ2n) is 8.34. The molecule has 10 heteroatoms. The molecule has 2 aromatic carbocycles. The first-order valence-electron chi connectivity index (χ1n) is 11.5. The molecule has 0 spiro atoms. The van der Waals surface area contributed by atoms with E-state index in [-0.39, 0.29) is 18.5 Å². The Kier molecular flexibility index (Phi) is 10.1. The largest absolute Gasteiger partial charge is 0.494 e. The van der Waals surface area contributed by atoms with Crippen molar-refractivity contribution in [3.05, 3.63) is 59.9 Å². The zero-order valence-electron chi connectivity index (χ0n) is 20.8. The highest BCUT2D eigenvalue weighted by atomic mass is 32.2. The quantitative estimate of drug-likeness (QED) is 0.476. The summed E-state index contributed by atoms with van der Waals surface area (Å²) in [5.74, 6) is -0.778. The molecule has 0 saturated heterocycles. The van der Waals surface area contributed by atoms with Gasteiger partial charge < -0.3 is 15.0 Å². The number of amides is 2. The van der Waals surface area contributed by atoms with Gasteiger partial charge in [-0.05, 0) is 69.2 Å². The molecule has 0 aliphatic rings. The molecule has 1 N–H and O–H groups in total. The number of hydrogen-bond donors (Lipinski definition) is 1. The van der Waals surface area contributed by atoms with Gasteiger partial charge in [0, 0.05) is 12.6 Å². The lowest BCUT2D eigenvalue weighted by atomic mass is 10.1. The summed E-state index contributed by atoms with van der Waals surface area (Å²) in [5.41, 5.74) is 0.901. The number of nitrogens with one attached hydrogen (secondary N) is 1. The van der Waals surface area contributed by atoms with Gasteiger partial charge in [-0.1, -0.05) is 19.1 Å². The minimum atomic E-state index is -3.82. The Hall–Kier alpha value is -3.14. The molecule has 0 aromatic heterocycles. The van der Waals surface area contributed by atoms with Crippen molar-refractivity contribution < 1.29 is 27.1 Å². The van der Waals surface area contributed by atoms with Gasteiger partial charge in [0.05, 0.1) is 18.6 Å². The van der Waals surface area contributed by atoms with E-state index in [1.165, 1.54) is 29.2 Å². The van der Waals surface area contributed by atoms with Gasteiger partial charge in [-0.15, -0.1) is 0 Å². The highest BCUT2D eigenvalue weighted by molar-refractivity contribution is 7.92. The smallest absolute Gasteiger partial charge is 0.244 e. The van der Waals surface area contributed by atoms with Crippen molar-refractivity contribution in [2.24, 2.45) is 0 Å². The minimum absolute atomic E-state index is 0.00901. The van der Waals surface area contributed by atoms with Gasteiger partial charge in [0.2, 0.25) is 21.8 Å². The molecule has 2 atom stereocenters. The lowest BCUT2D eigenvalue weighted by Gasteiger charge is -2.32.